The van der Waals surface area contributed by atoms with Gasteiger partial charge in [0.1, 0.15) is 6.04 Å². The molecule has 1 aliphatic heterocycles. The van der Waals surface area contributed by atoms with E-state index in [1.807, 2.05) is 17.5 Å². The molecule has 2 unspecified atom stereocenters. The van der Waals surface area contributed by atoms with Crippen molar-refractivity contribution in [2.45, 2.75) is 51.6 Å². The van der Waals surface area contributed by atoms with Crippen LogP contribution in [0, 0.1) is 5.92 Å². The Morgan fingerprint density at radius 3 is 2.87 bits per heavy atom. The molecule has 0 spiro atoms. The van der Waals surface area contributed by atoms with Gasteiger partial charge in [0.05, 0.1) is 19.1 Å². The van der Waals surface area contributed by atoms with Crippen molar-refractivity contribution in [1.29, 1.82) is 0 Å². The van der Waals surface area contributed by atoms with Crippen LogP contribution < -0.4 is 5.32 Å². The van der Waals surface area contributed by atoms with Gasteiger partial charge in [0, 0.05) is 11.4 Å². The first-order valence-corrected chi connectivity index (χ1v) is 9.12. The van der Waals surface area contributed by atoms with Gasteiger partial charge in [-0.15, -0.1) is 11.3 Å². The minimum atomic E-state index is -0.399. The number of aliphatic hydroxyl groups excluding tert-OH is 1. The van der Waals surface area contributed by atoms with E-state index in [9.17, 15) is 14.7 Å². The van der Waals surface area contributed by atoms with Gasteiger partial charge in [0.2, 0.25) is 11.8 Å². The van der Waals surface area contributed by atoms with Crippen LogP contribution >= 0.6 is 11.3 Å². The Morgan fingerprint density at radius 1 is 1.48 bits per heavy atom. The van der Waals surface area contributed by atoms with Crippen LogP contribution in [0.15, 0.2) is 17.5 Å². The van der Waals surface area contributed by atoms with E-state index in [1.165, 1.54) is 0 Å². The molecule has 0 bridgehead atoms. The SMILES string of the molecule is CC(C)CC(CO)NC(=O)C1CCCN1C(=O)Cc1cccs1. The van der Waals surface area contributed by atoms with Gasteiger partial charge in [0.15, 0.2) is 0 Å². The molecular weight excluding hydrogens is 312 g/mol. The van der Waals surface area contributed by atoms with E-state index < -0.39 is 6.04 Å². The summed E-state index contributed by atoms with van der Waals surface area (Å²) in [7, 11) is 0. The highest BCUT2D eigenvalue weighted by atomic mass is 32.1. The van der Waals surface area contributed by atoms with Crippen molar-refractivity contribution in [1.82, 2.24) is 10.2 Å². The summed E-state index contributed by atoms with van der Waals surface area (Å²) >= 11 is 1.56. The minimum Gasteiger partial charge on any atom is -0.394 e. The molecule has 1 aliphatic rings. The Bertz CT molecular complexity index is 516. The number of rotatable bonds is 7. The molecule has 0 aromatic carbocycles. The number of carbonyl (C=O) groups excluding carboxylic acids is 2. The molecule has 0 aliphatic carbocycles. The third kappa shape index (κ3) is 5.04. The summed E-state index contributed by atoms with van der Waals surface area (Å²) in [5.41, 5.74) is 0. The zero-order valence-corrected chi connectivity index (χ0v) is 14.6. The maximum Gasteiger partial charge on any atom is 0.243 e. The molecule has 2 rings (SSSR count). The first-order valence-electron chi connectivity index (χ1n) is 8.24. The Kier molecular flexibility index (Phi) is 6.59. The molecule has 2 amide bonds. The summed E-state index contributed by atoms with van der Waals surface area (Å²) in [6.45, 7) is 4.68. The standard InChI is InChI=1S/C17H26N2O3S/c1-12(2)9-13(11-20)18-17(22)15-6-3-7-19(15)16(21)10-14-5-4-8-23-14/h4-5,8,12-13,15,20H,3,6-7,9-11H2,1-2H3,(H,18,22). The number of thiophene rings is 1. The molecule has 0 saturated carbocycles. The molecule has 2 atom stereocenters. The van der Waals surface area contributed by atoms with Gasteiger partial charge in [0.25, 0.3) is 0 Å². The van der Waals surface area contributed by atoms with Crippen molar-refractivity contribution >= 4 is 23.2 Å². The molecule has 0 radical (unpaired) electrons. The summed E-state index contributed by atoms with van der Waals surface area (Å²) in [5.74, 6) is 0.267. The van der Waals surface area contributed by atoms with Gasteiger partial charge in [-0.05, 0) is 36.6 Å². The van der Waals surface area contributed by atoms with Crippen LogP contribution in [0.3, 0.4) is 0 Å². The van der Waals surface area contributed by atoms with E-state index in [-0.39, 0.29) is 24.5 Å². The molecule has 128 valence electrons. The lowest BCUT2D eigenvalue weighted by molar-refractivity contribution is -0.138. The van der Waals surface area contributed by atoms with Crippen LogP contribution in [0.2, 0.25) is 0 Å². The third-order valence-electron chi connectivity index (χ3n) is 4.10. The van der Waals surface area contributed by atoms with Crippen LogP contribution in [0.25, 0.3) is 0 Å². The first-order chi connectivity index (χ1) is 11.0. The molecule has 1 fully saturated rings. The Morgan fingerprint density at radius 2 is 2.26 bits per heavy atom. The van der Waals surface area contributed by atoms with Crippen LogP contribution in [0.1, 0.15) is 38.0 Å². The molecule has 5 nitrogen and oxygen atoms in total. The summed E-state index contributed by atoms with van der Waals surface area (Å²) in [4.78, 5) is 27.7. The zero-order chi connectivity index (χ0) is 16.8. The average Bonchev–Trinajstić information content (AvgIpc) is 3.16. The van der Waals surface area contributed by atoms with Gasteiger partial charge in [-0.3, -0.25) is 9.59 Å². The lowest BCUT2D eigenvalue weighted by Crippen LogP contribution is -2.50. The maximum atomic E-state index is 12.5. The second-order valence-corrected chi connectivity index (χ2v) is 7.55. The van der Waals surface area contributed by atoms with Crippen LogP contribution in [0.5, 0.6) is 0 Å². The summed E-state index contributed by atoms with van der Waals surface area (Å²) in [6.07, 6.45) is 2.64. The van der Waals surface area contributed by atoms with Crippen molar-refractivity contribution in [3.63, 3.8) is 0 Å². The molecule has 6 heteroatoms. The van der Waals surface area contributed by atoms with Crippen molar-refractivity contribution in [3.05, 3.63) is 22.4 Å². The van der Waals surface area contributed by atoms with E-state index in [0.717, 1.165) is 17.7 Å². The van der Waals surface area contributed by atoms with Crippen molar-refractivity contribution in [2.24, 2.45) is 5.92 Å². The Hall–Kier alpha value is -1.40. The highest BCUT2D eigenvalue weighted by Gasteiger charge is 2.34. The molecule has 2 N–H and O–H groups in total. The van der Waals surface area contributed by atoms with Crippen LogP contribution in [-0.2, 0) is 16.0 Å². The van der Waals surface area contributed by atoms with E-state index >= 15 is 0 Å². The van der Waals surface area contributed by atoms with Crippen LogP contribution in [0.4, 0.5) is 0 Å². The number of amides is 2. The monoisotopic (exact) mass is 338 g/mol. The quantitative estimate of drug-likeness (QED) is 0.796. The number of aliphatic hydroxyl groups is 1. The topological polar surface area (TPSA) is 69.6 Å². The highest BCUT2D eigenvalue weighted by Crippen LogP contribution is 2.20. The lowest BCUT2D eigenvalue weighted by atomic mass is 10.0. The van der Waals surface area contributed by atoms with E-state index in [2.05, 4.69) is 19.2 Å². The summed E-state index contributed by atoms with van der Waals surface area (Å²) in [6, 6.07) is 3.23. The van der Waals surface area contributed by atoms with Gasteiger partial charge in [-0.1, -0.05) is 19.9 Å². The number of carbonyl (C=O) groups is 2. The predicted molar refractivity (Wildman–Crippen MR) is 91.2 cm³/mol. The maximum absolute atomic E-state index is 12.5. The van der Waals surface area contributed by atoms with Crippen LogP contribution in [-0.4, -0.2) is 47.1 Å². The predicted octanol–water partition coefficient (Wildman–Crippen LogP) is 1.80. The number of hydrogen-bond donors (Lipinski definition) is 2. The molecular formula is C17H26N2O3S. The number of nitrogens with one attached hydrogen (secondary N) is 1. The summed E-state index contributed by atoms with van der Waals surface area (Å²) in [5, 5.41) is 14.3. The molecule has 1 aromatic heterocycles. The normalized spacial score (nSPS) is 19.1. The second-order valence-electron chi connectivity index (χ2n) is 6.52. The number of hydrogen-bond acceptors (Lipinski definition) is 4. The fourth-order valence-electron chi connectivity index (χ4n) is 3.05. The smallest absolute Gasteiger partial charge is 0.243 e. The molecule has 1 aromatic rings. The van der Waals surface area contributed by atoms with Gasteiger partial charge < -0.3 is 15.3 Å². The molecule has 2 heterocycles. The molecule has 23 heavy (non-hydrogen) atoms. The van der Waals surface area contributed by atoms with Gasteiger partial charge >= 0.3 is 0 Å². The highest BCUT2D eigenvalue weighted by molar-refractivity contribution is 7.10. The fourth-order valence-corrected chi connectivity index (χ4v) is 3.74. The molecule has 1 saturated heterocycles. The summed E-state index contributed by atoms with van der Waals surface area (Å²) < 4.78 is 0. The van der Waals surface area contributed by atoms with E-state index in [1.54, 1.807) is 16.2 Å². The lowest BCUT2D eigenvalue weighted by Gasteiger charge is -2.26. The van der Waals surface area contributed by atoms with E-state index in [4.69, 9.17) is 0 Å². The van der Waals surface area contributed by atoms with Crippen molar-refractivity contribution < 1.29 is 14.7 Å². The Labute approximate surface area is 141 Å². The largest absolute Gasteiger partial charge is 0.394 e. The third-order valence-corrected chi connectivity index (χ3v) is 4.98. The van der Waals surface area contributed by atoms with Crippen molar-refractivity contribution in [3.8, 4) is 0 Å². The number of nitrogens with zero attached hydrogens (tertiary/aromatic N) is 1. The van der Waals surface area contributed by atoms with Gasteiger partial charge in [-0.25, -0.2) is 0 Å². The fraction of sp³-hybridized carbons (Fsp3) is 0.647. The van der Waals surface area contributed by atoms with Gasteiger partial charge in [-0.2, -0.15) is 0 Å². The second kappa shape index (κ2) is 8.45. The Balaban J connectivity index is 1.94. The average molecular weight is 338 g/mol. The number of likely N-dealkylation sites (tertiary alicyclic amines) is 1. The van der Waals surface area contributed by atoms with E-state index in [0.29, 0.717) is 25.3 Å². The first kappa shape index (κ1) is 17.9. The van der Waals surface area contributed by atoms with Crippen molar-refractivity contribution in [2.75, 3.05) is 13.2 Å². The zero-order valence-electron chi connectivity index (χ0n) is 13.8. The minimum absolute atomic E-state index is 0.00880.